The zero-order valence-electron chi connectivity index (χ0n) is 11.4. The zero-order chi connectivity index (χ0) is 14.7. The quantitative estimate of drug-likeness (QED) is 0.570. The predicted octanol–water partition coefficient (Wildman–Crippen LogP) is 4.32. The lowest BCUT2D eigenvalue weighted by molar-refractivity contribution is 0.414. The normalized spacial score (nSPS) is 11.9. The van der Waals surface area contributed by atoms with E-state index in [2.05, 4.69) is 34.1 Å². The standard InChI is InChI=1S/C15H14ClNO.H2IN/c1-17-14-8-12(16)5-3-10(14)7-11-4-6-13(18-2)9-15(11)17;1-2/h3-6,8-9H,7H2,1-2H3;2H2. The maximum atomic E-state index is 6.08. The van der Waals surface area contributed by atoms with Gasteiger partial charge in [0.25, 0.3) is 0 Å². The van der Waals surface area contributed by atoms with Gasteiger partial charge in [-0.2, -0.15) is 0 Å². The average molecular weight is 403 g/mol. The molecule has 3 rings (SSSR count). The number of rotatable bonds is 1. The smallest absolute Gasteiger partial charge is 0.120 e. The van der Waals surface area contributed by atoms with Crippen molar-refractivity contribution in [2.24, 2.45) is 3.95 Å². The van der Waals surface area contributed by atoms with Crippen molar-refractivity contribution in [3.63, 3.8) is 0 Å². The largest absolute Gasteiger partial charge is 0.497 e. The molecule has 0 spiro atoms. The molecule has 1 aliphatic heterocycles. The highest BCUT2D eigenvalue weighted by atomic mass is 127. The summed E-state index contributed by atoms with van der Waals surface area (Å²) in [6, 6.07) is 12.3. The Balaban J connectivity index is 0.000000704. The first kappa shape index (κ1) is 15.4. The van der Waals surface area contributed by atoms with Crippen LogP contribution in [0.2, 0.25) is 5.02 Å². The fourth-order valence-corrected chi connectivity index (χ4v) is 2.63. The Labute approximate surface area is 138 Å². The Morgan fingerprint density at radius 1 is 1.10 bits per heavy atom. The molecule has 106 valence electrons. The van der Waals surface area contributed by atoms with Crippen molar-refractivity contribution in [1.29, 1.82) is 0 Å². The van der Waals surface area contributed by atoms with Gasteiger partial charge in [0, 0.05) is 58.8 Å². The second-order valence-corrected chi connectivity index (χ2v) is 4.94. The van der Waals surface area contributed by atoms with E-state index in [-0.39, 0.29) is 0 Å². The van der Waals surface area contributed by atoms with Gasteiger partial charge in [-0.15, -0.1) is 0 Å². The number of nitrogens with zero attached hydrogens (tertiary/aromatic N) is 1. The topological polar surface area (TPSA) is 38.5 Å². The molecule has 1 heterocycles. The van der Waals surface area contributed by atoms with Crippen molar-refractivity contribution in [3.8, 4) is 5.75 Å². The highest BCUT2D eigenvalue weighted by Gasteiger charge is 2.20. The molecule has 20 heavy (non-hydrogen) atoms. The maximum Gasteiger partial charge on any atom is 0.120 e. The molecule has 0 unspecified atom stereocenters. The van der Waals surface area contributed by atoms with Crippen LogP contribution >= 0.6 is 34.5 Å². The van der Waals surface area contributed by atoms with Gasteiger partial charge in [0.1, 0.15) is 5.75 Å². The van der Waals surface area contributed by atoms with Gasteiger partial charge in [0.2, 0.25) is 0 Å². The second-order valence-electron chi connectivity index (χ2n) is 4.50. The molecule has 3 nitrogen and oxygen atoms in total. The van der Waals surface area contributed by atoms with Crippen molar-refractivity contribution in [1.82, 2.24) is 0 Å². The van der Waals surface area contributed by atoms with Crippen molar-refractivity contribution in [2.75, 3.05) is 19.1 Å². The average Bonchev–Trinajstić information content (AvgIpc) is 2.50. The van der Waals surface area contributed by atoms with Gasteiger partial charge < -0.3 is 9.64 Å². The van der Waals surface area contributed by atoms with Crippen LogP contribution < -0.4 is 13.6 Å². The third-order valence-corrected chi connectivity index (χ3v) is 3.68. The first-order valence-electron chi connectivity index (χ1n) is 6.10. The molecule has 2 N–H and O–H groups in total. The molecule has 0 atom stereocenters. The van der Waals surface area contributed by atoms with E-state index in [9.17, 15) is 0 Å². The van der Waals surface area contributed by atoms with Crippen molar-refractivity contribution in [3.05, 3.63) is 52.5 Å². The fraction of sp³-hybridized carbons (Fsp3) is 0.200. The highest BCUT2D eigenvalue weighted by Crippen LogP contribution is 2.40. The molecule has 0 amide bonds. The fourth-order valence-electron chi connectivity index (χ4n) is 2.47. The summed E-state index contributed by atoms with van der Waals surface area (Å²) in [5.74, 6) is 0.881. The number of halogens is 2. The van der Waals surface area contributed by atoms with Crippen LogP contribution in [0.15, 0.2) is 36.4 Å². The Bertz CT molecular complexity index is 619. The van der Waals surface area contributed by atoms with Gasteiger partial charge in [-0.25, -0.2) is 0 Å². The zero-order valence-corrected chi connectivity index (χ0v) is 14.3. The minimum atomic E-state index is 0.770. The molecule has 1 aliphatic rings. The Morgan fingerprint density at radius 2 is 1.70 bits per heavy atom. The van der Waals surface area contributed by atoms with E-state index in [0.717, 1.165) is 17.2 Å². The van der Waals surface area contributed by atoms with E-state index in [0.29, 0.717) is 0 Å². The van der Waals surface area contributed by atoms with Gasteiger partial charge in [0.15, 0.2) is 0 Å². The van der Waals surface area contributed by atoms with Gasteiger partial charge in [-0.3, -0.25) is 3.95 Å². The molecule has 2 aromatic carbocycles. The summed E-state index contributed by atoms with van der Waals surface area (Å²) in [6.07, 6.45) is 0.941. The molecular formula is C15H16ClIN2O. The second kappa shape index (κ2) is 6.65. The van der Waals surface area contributed by atoms with E-state index in [4.69, 9.17) is 16.3 Å². The number of ether oxygens (including phenoxy) is 1. The summed E-state index contributed by atoms with van der Waals surface area (Å²) >= 11 is 7.73. The molecule has 0 aliphatic carbocycles. The predicted molar refractivity (Wildman–Crippen MR) is 93.5 cm³/mol. The number of hydrogen-bond acceptors (Lipinski definition) is 3. The van der Waals surface area contributed by atoms with E-state index < -0.39 is 0 Å². The van der Waals surface area contributed by atoms with Gasteiger partial charge in [-0.1, -0.05) is 23.7 Å². The summed E-state index contributed by atoms with van der Waals surface area (Å²) in [5, 5.41) is 0.770. The molecule has 0 radical (unpaired) electrons. The Morgan fingerprint density at radius 3 is 2.35 bits per heavy atom. The lowest BCUT2D eigenvalue weighted by Crippen LogP contribution is -2.18. The minimum absolute atomic E-state index is 0.770. The van der Waals surface area contributed by atoms with Crippen LogP contribution in [0, 0.1) is 0 Å². The number of fused-ring (bicyclic) bond motifs is 2. The van der Waals surface area contributed by atoms with Crippen molar-refractivity contribution < 1.29 is 4.74 Å². The maximum absolute atomic E-state index is 6.08. The number of hydrogen-bond donors (Lipinski definition) is 1. The van der Waals surface area contributed by atoms with Crippen LogP contribution in [0.25, 0.3) is 0 Å². The van der Waals surface area contributed by atoms with Crippen LogP contribution in [-0.2, 0) is 6.42 Å². The monoisotopic (exact) mass is 402 g/mol. The molecule has 0 saturated heterocycles. The van der Waals surface area contributed by atoms with Crippen LogP contribution in [0.5, 0.6) is 5.75 Å². The molecular weight excluding hydrogens is 387 g/mol. The number of nitrogens with two attached hydrogens (primary N) is 1. The van der Waals surface area contributed by atoms with Crippen molar-refractivity contribution >= 4 is 45.8 Å². The molecule has 0 aromatic heterocycles. The van der Waals surface area contributed by atoms with Crippen LogP contribution in [0.3, 0.4) is 0 Å². The summed E-state index contributed by atoms with van der Waals surface area (Å²) in [6.45, 7) is 0. The molecule has 0 saturated carbocycles. The lowest BCUT2D eigenvalue weighted by Gasteiger charge is -2.30. The summed E-state index contributed by atoms with van der Waals surface area (Å²) in [5.41, 5.74) is 4.97. The first-order valence-corrected chi connectivity index (χ1v) is 7.72. The third kappa shape index (κ3) is 2.87. The van der Waals surface area contributed by atoms with E-state index in [1.165, 1.54) is 22.5 Å². The summed E-state index contributed by atoms with van der Waals surface area (Å²) < 4.78 is 9.76. The summed E-state index contributed by atoms with van der Waals surface area (Å²) in [4.78, 5) is 2.17. The Hall–Kier alpha value is -0.980. The highest BCUT2D eigenvalue weighted by molar-refractivity contribution is 14.1. The molecule has 5 heteroatoms. The number of methoxy groups -OCH3 is 1. The molecule has 2 aromatic rings. The van der Waals surface area contributed by atoms with E-state index in [1.54, 1.807) is 30.0 Å². The van der Waals surface area contributed by atoms with Gasteiger partial charge >= 0.3 is 0 Å². The van der Waals surface area contributed by atoms with Crippen molar-refractivity contribution in [2.45, 2.75) is 6.42 Å². The number of anilines is 2. The minimum Gasteiger partial charge on any atom is -0.497 e. The van der Waals surface area contributed by atoms with Gasteiger partial charge in [0.05, 0.1) is 7.11 Å². The molecule has 0 bridgehead atoms. The summed E-state index contributed by atoms with van der Waals surface area (Å²) in [7, 11) is 3.75. The lowest BCUT2D eigenvalue weighted by atomic mass is 9.96. The third-order valence-electron chi connectivity index (χ3n) is 3.44. The first-order chi connectivity index (χ1) is 9.69. The molecule has 0 fully saturated rings. The SMILES string of the molecule is COc1ccc2c(c1)N(C)c1cc(Cl)ccc1C2.NI. The van der Waals surface area contributed by atoms with E-state index >= 15 is 0 Å². The number of benzene rings is 2. The van der Waals surface area contributed by atoms with Crippen LogP contribution in [0.1, 0.15) is 11.1 Å². The Kier molecular flexibility index (Phi) is 5.12. The van der Waals surface area contributed by atoms with Gasteiger partial charge in [-0.05, 0) is 29.3 Å². The van der Waals surface area contributed by atoms with Crippen LogP contribution in [0.4, 0.5) is 11.4 Å². The van der Waals surface area contributed by atoms with E-state index in [1.807, 2.05) is 18.2 Å². The van der Waals surface area contributed by atoms with Crippen LogP contribution in [-0.4, -0.2) is 14.2 Å².